The number of thiophene rings is 1. The second-order valence-electron chi connectivity index (χ2n) is 6.31. The molecule has 29 heavy (non-hydrogen) atoms. The lowest BCUT2D eigenvalue weighted by atomic mass is 10.2. The van der Waals surface area contributed by atoms with Crippen molar-refractivity contribution in [2.75, 3.05) is 13.1 Å². The van der Waals surface area contributed by atoms with E-state index in [0.29, 0.717) is 31.0 Å². The molecule has 0 spiro atoms. The predicted molar refractivity (Wildman–Crippen MR) is 111 cm³/mol. The van der Waals surface area contributed by atoms with Gasteiger partial charge < -0.3 is 15.2 Å². The summed E-state index contributed by atoms with van der Waals surface area (Å²) in [4.78, 5) is 29.7. The first-order chi connectivity index (χ1) is 14.2. The fourth-order valence-electron chi connectivity index (χ4n) is 2.78. The van der Waals surface area contributed by atoms with E-state index in [0.717, 1.165) is 15.8 Å². The van der Waals surface area contributed by atoms with E-state index in [1.54, 1.807) is 12.1 Å². The topological polar surface area (TPSA) is 97.1 Å². The molecule has 0 aliphatic heterocycles. The second kappa shape index (κ2) is 8.66. The van der Waals surface area contributed by atoms with Gasteiger partial charge in [-0.15, -0.1) is 11.3 Å². The van der Waals surface area contributed by atoms with Gasteiger partial charge in [0.05, 0.1) is 10.4 Å². The molecule has 3 aromatic heterocycles. The number of nitrogens with zero attached hydrogens (tertiary/aromatic N) is 2. The van der Waals surface area contributed by atoms with Gasteiger partial charge >= 0.3 is 0 Å². The Balaban J connectivity index is 1.22. The van der Waals surface area contributed by atoms with Crippen LogP contribution >= 0.6 is 11.3 Å². The van der Waals surface area contributed by atoms with E-state index < -0.39 is 0 Å². The number of rotatable bonds is 7. The lowest BCUT2D eigenvalue weighted by Crippen LogP contribution is -2.30. The quantitative estimate of drug-likeness (QED) is 0.458. The molecule has 2 amide bonds. The number of carbonyl (C=O) groups excluding carboxylic acids is 2. The summed E-state index contributed by atoms with van der Waals surface area (Å²) in [6, 6.07) is 16.6. The average molecular weight is 406 g/mol. The average Bonchev–Trinajstić information content (AvgIpc) is 3.44. The normalized spacial score (nSPS) is 10.8. The van der Waals surface area contributed by atoms with Crippen molar-refractivity contribution in [1.82, 2.24) is 20.8 Å². The lowest BCUT2D eigenvalue weighted by molar-refractivity contribution is 0.0944. The van der Waals surface area contributed by atoms with Crippen LogP contribution in [0.2, 0.25) is 0 Å². The molecule has 4 rings (SSSR count). The summed E-state index contributed by atoms with van der Waals surface area (Å²) in [6.07, 6.45) is 0.584. The molecule has 0 aliphatic rings. The third-order valence-electron chi connectivity index (χ3n) is 4.26. The highest BCUT2D eigenvalue weighted by Gasteiger charge is 2.14. The van der Waals surface area contributed by atoms with Gasteiger partial charge in [0.1, 0.15) is 5.69 Å². The van der Waals surface area contributed by atoms with Gasteiger partial charge in [-0.1, -0.05) is 35.5 Å². The summed E-state index contributed by atoms with van der Waals surface area (Å²) in [5.74, 6) is 0.0264. The second-order valence-corrected chi connectivity index (χ2v) is 7.26. The maximum atomic E-state index is 12.2. The summed E-state index contributed by atoms with van der Waals surface area (Å²) >= 11 is 1.52. The first-order valence-corrected chi connectivity index (χ1v) is 10.0. The van der Waals surface area contributed by atoms with Gasteiger partial charge in [0.2, 0.25) is 0 Å². The fourth-order valence-corrected chi connectivity index (χ4v) is 3.46. The van der Waals surface area contributed by atoms with Crippen LogP contribution in [0.15, 0.2) is 64.5 Å². The van der Waals surface area contributed by atoms with Crippen molar-refractivity contribution >= 4 is 34.1 Å². The number of benzene rings is 1. The highest BCUT2D eigenvalue weighted by atomic mass is 32.1. The highest BCUT2D eigenvalue weighted by molar-refractivity contribution is 7.13. The van der Waals surface area contributed by atoms with Gasteiger partial charge in [-0.25, -0.2) is 4.98 Å². The number of hydrogen-bond acceptors (Lipinski definition) is 6. The van der Waals surface area contributed by atoms with Crippen LogP contribution < -0.4 is 10.6 Å². The van der Waals surface area contributed by atoms with Crippen molar-refractivity contribution in [2.45, 2.75) is 6.42 Å². The van der Waals surface area contributed by atoms with Crippen LogP contribution in [0.25, 0.3) is 21.5 Å². The van der Waals surface area contributed by atoms with Crippen molar-refractivity contribution in [3.8, 4) is 10.6 Å². The smallest absolute Gasteiger partial charge is 0.273 e. The third kappa shape index (κ3) is 4.49. The zero-order chi connectivity index (χ0) is 20.1. The number of pyridine rings is 1. The van der Waals surface area contributed by atoms with E-state index >= 15 is 0 Å². The van der Waals surface area contributed by atoms with Crippen molar-refractivity contribution in [1.29, 1.82) is 0 Å². The van der Waals surface area contributed by atoms with Crippen molar-refractivity contribution < 1.29 is 14.1 Å². The van der Waals surface area contributed by atoms with Gasteiger partial charge in [-0.3, -0.25) is 9.59 Å². The molecule has 0 saturated carbocycles. The molecule has 8 heteroatoms. The van der Waals surface area contributed by atoms with Crippen LogP contribution in [0.5, 0.6) is 0 Å². The van der Waals surface area contributed by atoms with Crippen molar-refractivity contribution in [3.05, 3.63) is 71.4 Å². The summed E-state index contributed by atoms with van der Waals surface area (Å²) < 4.78 is 5.20. The van der Waals surface area contributed by atoms with E-state index in [2.05, 4.69) is 20.8 Å². The minimum Gasteiger partial charge on any atom is -0.355 e. The minimum atomic E-state index is -0.306. The Bertz CT molecular complexity index is 1140. The standard InChI is InChI=1S/C21H18N4O3S/c26-20(16-9-8-14-5-1-2-6-15(14)24-16)22-10-4-11-23-21(27)17-13-18(28-25-17)19-7-3-12-29-19/h1-3,5-9,12-13H,4,10-11H2,(H,22,26)(H,23,27). The molecule has 0 fully saturated rings. The van der Waals surface area contributed by atoms with E-state index in [1.807, 2.05) is 47.8 Å². The SMILES string of the molecule is O=C(NCCCNC(=O)c1ccc2ccccc2n1)c1cc(-c2cccs2)on1. The summed E-state index contributed by atoms with van der Waals surface area (Å²) in [5.41, 5.74) is 1.39. The van der Waals surface area contributed by atoms with E-state index in [9.17, 15) is 9.59 Å². The number of aromatic nitrogens is 2. The Morgan fingerprint density at radius 3 is 2.52 bits per heavy atom. The highest BCUT2D eigenvalue weighted by Crippen LogP contribution is 2.25. The number of hydrogen-bond donors (Lipinski definition) is 2. The first-order valence-electron chi connectivity index (χ1n) is 9.13. The van der Waals surface area contributed by atoms with E-state index in [1.165, 1.54) is 11.3 Å². The molecule has 3 heterocycles. The van der Waals surface area contributed by atoms with Crippen LogP contribution in [-0.2, 0) is 0 Å². The summed E-state index contributed by atoms with van der Waals surface area (Å²) in [7, 11) is 0. The maximum absolute atomic E-state index is 12.2. The lowest BCUT2D eigenvalue weighted by Gasteiger charge is -2.06. The molecule has 2 N–H and O–H groups in total. The third-order valence-corrected chi connectivity index (χ3v) is 5.15. The van der Waals surface area contributed by atoms with E-state index in [-0.39, 0.29) is 17.5 Å². The Morgan fingerprint density at radius 2 is 1.72 bits per heavy atom. The van der Waals surface area contributed by atoms with Gasteiger partial charge in [-0.05, 0) is 30.0 Å². The van der Waals surface area contributed by atoms with Crippen LogP contribution in [0.1, 0.15) is 27.4 Å². The number of para-hydroxylation sites is 1. The van der Waals surface area contributed by atoms with Gasteiger partial charge in [0.25, 0.3) is 11.8 Å². The van der Waals surface area contributed by atoms with Gasteiger partial charge in [0.15, 0.2) is 11.5 Å². The molecule has 0 saturated heterocycles. The molecule has 0 bridgehead atoms. The van der Waals surface area contributed by atoms with Gasteiger partial charge in [-0.2, -0.15) is 0 Å². The minimum absolute atomic E-state index is 0.234. The number of carbonyl (C=O) groups is 2. The van der Waals surface area contributed by atoms with Crippen LogP contribution in [0.4, 0.5) is 0 Å². The number of amides is 2. The molecule has 0 aliphatic carbocycles. The fraction of sp³-hybridized carbons (Fsp3) is 0.143. The largest absolute Gasteiger partial charge is 0.355 e. The molecule has 0 radical (unpaired) electrons. The zero-order valence-corrected chi connectivity index (χ0v) is 16.2. The molecular formula is C21H18N4O3S. The molecule has 0 atom stereocenters. The zero-order valence-electron chi connectivity index (χ0n) is 15.4. The monoisotopic (exact) mass is 406 g/mol. The number of fused-ring (bicyclic) bond motifs is 1. The van der Waals surface area contributed by atoms with Crippen molar-refractivity contribution in [2.24, 2.45) is 0 Å². The van der Waals surface area contributed by atoms with Crippen LogP contribution in [-0.4, -0.2) is 35.0 Å². The van der Waals surface area contributed by atoms with Crippen LogP contribution in [0.3, 0.4) is 0 Å². The molecule has 1 aromatic carbocycles. The summed E-state index contributed by atoms with van der Waals surface area (Å²) in [5, 5.41) is 12.3. The molecule has 7 nitrogen and oxygen atoms in total. The predicted octanol–water partition coefficient (Wildman–Crippen LogP) is 3.50. The molecule has 0 unspecified atom stereocenters. The maximum Gasteiger partial charge on any atom is 0.273 e. The van der Waals surface area contributed by atoms with Crippen LogP contribution in [0, 0.1) is 0 Å². The molecular weight excluding hydrogens is 388 g/mol. The number of nitrogens with one attached hydrogen (secondary N) is 2. The van der Waals surface area contributed by atoms with Gasteiger partial charge in [0, 0.05) is 24.5 Å². The summed E-state index contributed by atoms with van der Waals surface area (Å²) in [6.45, 7) is 0.832. The Labute approximate surface area is 170 Å². The molecule has 146 valence electrons. The Hall–Kier alpha value is -3.52. The Kier molecular flexibility index (Phi) is 5.62. The molecule has 4 aromatic rings. The van der Waals surface area contributed by atoms with E-state index in [4.69, 9.17) is 4.52 Å². The first kappa shape index (κ1) is 18.8. The Morgan fingerprint density at radius 1 is 0.931 bits per heavy atom. The van der Waals surface area contributed by atoms with Crippen molar-refractivity contribution in [3.63, 3.8) is 0 Å².